The van der Waals surface area contributed by atoms with Crippen molar-refractivity contribution in [2.45, 2.75) is 39.3 Å². The van der Waals surface area contributed by atoms with E-state index in [1.165, 1.54) is 13.0 Å². The topological polar surface area (TPSA) is 68.3 Å². The van der Waals surface area contributed by atoms with E-state index in [9.17, 15) is 14.0 Å². The van der Waals surface area contributed by atoms with Crippen molar-refractivity contribution in [2.24, 2.45) is 0 Å². The van der Waals surface area contributed by atoms with Gasteiger partial charge in [-0.3, -0.25) is 4.79 Å². The van der Waals surface area contributed by atoms with Crippen LogP contribution in [0.25, 0.3) is 0 Å². The summed E-state index contributed by atoms with van der Waals surface area (Å²) >= 11 is 0. The SMILES string of the molecule is C[C@H](NC(=O)c1ccc(F)nc1)C(=O)OC(C)(C)C. The molecule has 0 spiro atoms. The van der Waals surface area contributed by atoms with Gasteiger partial charge in [0.25, 0.3) is 5.91 Å². The van der Waals surface area contributed by atoms with Crippen LogP contribution in [0, 0.1) is 5.95 Å². The maximum atomic E-state index is 12.6. The fourth-order valence-electron chi connectivity index (χ4n) is 1.24. The molecule has 1 aromatic rings. The lowest BCUT2D eigenvalue weighted by molar-refractivity contribution is -0.156. The summed E-state index contributed by atoms with van der Waals surface area (Å²) in [5, 5.41) is 2.46. The Morgan fingerprint density at radius 2 is 2.00 bits per heavy atom. The molecule has 1 N–H and O–H groups in total. The molecule has 5 nitrogen and oxygen atoms in total. The van der Waals surface area contributed by atoms with Crippen molar-refractivity contribution in [3.63, 3.8) is 0 Å². The Kier molecular flexibility index (Phi) is 4.58. The summed E-state index contributed by atoms with van der Waals surface area (Å²) in [6.07, 6.45) is 1.10. The van der Waals surface area contributed by atoms with Gasteiger partial charge in [0, 0.05) is 6.20 Å². The summed E-state index contributed by atoms with van der Waals surface area (Å²) in [7, 11) is 0. The van der Waals surface area contributed by atoms with Gasteiger partial charge < -0.3 is 10.1 Å². The van der Waals surface area contributed by atoms with Crippen molar-refractivity contribution in [1.82, 2.24) is 10.3 Å². The zero-order chi connectivity index (χ0) is 14.6. The summed E-state index contributed by atoms with van der Waals surface area (Å²) in [5.41, 5.74) is -0.440. The average molecular weight is 268 g/mol. The molecular formula is C13H17FN2O3. The van der Waals surface area contributed by atoms with Crippen molar-refractivity contribution < 1.29 is 18.7 Å². The molecule has 0 unspecified atom stereocenters. The molecule has 0 aromatic carbocycles. The third-order valence-electron chi connectivity index (χ3n) is 2.10. The number of hydrogen-bond donors (Lipinski definition) is 1. The van der Waals surface area contributed by atoms with E-state index in [0.29, 0.717) is 0 Å². The van der Waals surface area contributed by atoms with Gasteiger partial charge >= 0.3 is 5.97 Å². The summed E-state index contributed by atoms with van der Waals surface area (Å²) in [6, 6.07) is 1.57. The first kappa shape index (κ1) is 15.1. The maximum Gasteiger partial charge on any atom is 0.328 e. The van der Waals surface area contributed by atoms with Crippen molar-refractivity contribution in [3.05, 3.63) is 29.8 Å². The molecule has 0 aliphatic heterocycles. The number of hydrogen-bond acceptors (Lipinski definition) is 4. The number of amides is 1. The Bertz CT molecular complexity index is 466. The monoisotopic (exact) mass is 268 g/mol. The Morgan fingerprint density at radius 1 is 1.37 bits per heavy atom. The van der Waals surface area contributed by atoms with Gasteiger partial charge in [-0.15, -0.1) is 0 Å². The first-order valence-electron chi connectivity index (χ1n) is 5.84. The minimum atomic E-state index is -0.795. The predicted molar refractivity (Wildman–Crippen MR) is 67.0 cm³/mol. The molecule has 1 atom stereocenters. The van der Waals surface area contributed by atoms with Gasteiger partial charge in [-0.25, -0.2) is 9.78 Å². The van der Waals surface area contributed by atoms with E-state index in [-0.39, 0.29) is 5.56 Å². The van der Waals surface area contributed by atoms with Crippen LogP contribution in [0.2, 0.25) is 0 Å². The molecule has 0 aliphatic carbocycles. The number of carbonyl (C=O) groups is 2. The molecule has 0 bridgehead atoms. The molecule has 1 amide bonds. The second kappa shape index (κ2) is 5.77. The zero-order valence-electron chi connectivity index (χ0n) is 11.4. The third kappa shape index (κ3) is 5.03. The van der Waals surface area contributed by atoms with Gasteiger partial charge in [-0.1, -0.05) is 0 Å². The Morgan fingerprint density at radius 3 is 2.47 bits per heavy atom. The Labute approximate surface area is 111 Å². The van der Waals surface area contributed by atoms with Crippen LogP contribution in [-0.4, -0.2) is 28.5 Å². The minimum Gasteiger partial charge on any atom is -0.458 e. The van der Waals surface area contributed by atoms with Crippen LogP contribution < -0.4 is 5.32 Å². The van der Waals surface area contributed by atoms with E-state index in [4.69, 9.17) is 4.74 Å². The van der Waals surface area contributed by atoms with E-state index >= 15 is 0 Å². The number of halogens is 1. The largest absolute Gasteiger partial charge is 0.458 e. The molecule has 0 radical (unpaired) electrons. The lowest BCUT2D eigenvalue weighted by atomic mass is 10.2. The number of pyridine rings is 1. The molecule has 0 fully saturated rings. The van der Waals surface area contributed by atoms with E-state index < -0.39 is 29.5 Å². The highest BCUT2D eigenvalue weighted by Crippen LogP contribution is 2.08. The lowest BCUT2D eigenvalue weighted by Gasteiger charge is -2.22. The standard InChI is InChI=1S/C13H17FN2O3/c1-8(12(18)19-13(2,3)4)16-11(17)9-5-6-10(14)15-7-9/h5-8H,1-4H3,(H,16,17)/t8-/m0/s1. The summed E-state index contributed by atoms with van der Waals surface area (Å²) in [4.78, 5) is 26.8. The number of nitrogens with zero attached hydrogens (tertiary/aromatic N) is 1. The van der Waals surface area contributed by atoms with E-state index in [0.717, 1.165) is 12.3 Å². The normalized spacial score (nSPS) is 12.7. The number of rotatable bonds is 3. The Balaban J connectivity index is 2.61. The van der Waals surface area contributed by atoms with Crippen LogP contribution in [-0.2, 0) is 9.53 Å². The van der Waals surface area contributed by atoms with E-state index in [2.05, 4.69) is 10.3 Å². The number of esters is 1. The highest BCUT2D eigenvalue weighted by molar-refractivity contribution is 5.96. The molecule has 0 aliphatic rings. The molecule has 104 valence electrons. The van der Waals surface area contributed by atoms with Gasteiger partial charge in [0.05, 0.1) is 5.56 Å². The smallest absolute Gasteiger partial charge is 0.328 e. The van der Waals surface area contributed by atoms with E-state index in [1.54, 1.807) is 20.8 Å². The number of carbonyl (C=O) groups excluding carboxylic acids is 2. The summed E-state index contributed by atoms with van der Waals surface area (Å²) < 4.78 is 17.7. The second-order valence-electron chi connectivity index (χ2n) is 5.10. The van der Waals surface area contributed by atoms with Crippen molar-refractivity contribution in [1.29, 1.82) is 0 Å². The molecule has 0 saturated heterocycles. The number of ether oxygens (including phenoxy) is 1. The van der Waals surface area contributed by atoms with Crippen molar-refractivity contribution in [2.75, 3.05) is 0 Å². The molecule has 6 heteroatoms. The zero-order valence-corrected chi connectivity index (χ0v) is 11.4. The van der Waals surface area contributed by atoms with Crippen LogP contribution in [0.5, 0.6) is 0 Å². The fraction of sp³-hybridized carbons (Fsp3) is 0.462. The lowest BCUT2D eigenvalue weighted by Crippen LogP contribution is -2.42. The van der Waals surface area contributed by atoms with Crippen LogP contribution in [0.15, 0.2) is 18.3 Å². The van der Waals surface area contributed by atoms with Gasteiger partial charge in [-0.05, 0) is 39.8 Å². The second-order valence-corrected chi connectivity index (χ2v) is 5.10. The summed E-state index contributed by atoms with van der Waals surface area (Å²) in [6.45, 7) is 6.74. The van der Waals surface area contributed by atoms with Gasteiger partial charge in [0.15, 0.2) is 0 Å². The number of aromatic nitrogens is 1. The highest BCUT2D eigenvalue weighted by atomic mass is 19.1. The predicted octanol–water partition coefficient (Wildman–Crippen LogP) is 1.68. The number of nitrogens with one attached hydrogen (secondary N) is 1. The summed E-state index contributed by atoms with van der Waals surface area (Å²) in [5.74, 6) is -1.71. The van der Waals surface area contributed by atoms with Crippen LogP contribution >= 0.6 is 0 Å². The van der Waals surface area contributed by atoms with Gasteiger partial charge in [-0.2, -0.15) is 4.39 Å². The van der Waals surface area contributed by atoms with E-state index in [1.807, 2.05) is 0 Å². The fourth-order valence-corrected chi connectivity index (χ4v) is 1.24. The van der Waals surface area contributed by atoms with Gasteiger partial charge in [0.2, 0.25) is 5.95 Å². The first-order chi connectivity index (χ1) is 8.69. The third-order valence-corrected chi connectivity index (χ3v) is 2.10. The van der Waals surface area contributed by atoms with Crippen LogP contribution in [0.4, 0.5) is 4.39 Å². The molecule has 1 aromatic heterocycles. The molecular weight excluding hydrogens is 251 g/mol. The average Bonchev–Trinajstić information content (AvgIpc) is 2.27. The molecule has 1 heterocycles. The minimum absolute atomic E-state index is 0.178. The van der Waals surface area contributed by atoms with Crippen LogP contribution in [0.3, 0.4) is 0 Å². The molecule has 1 rings (SSSR count). The molecule has 19 heavy (non-hydrogen) atoms. The quantitative estimate of drug-likeness (QED) is 0.669. The molecule has 0 saturated carbocycles. The Hall–Kier alpha value is -1.98. The highest BCUT2D eigenvalue weighted by Gasteiger charge is 2.23. The first-order valence-corrected chi connectivity index (χ1v) is 5.84. The van der Waals surface area contributed by atoms with Crippen molar-refractivity contribution >= 4 is 11.9 Å². The van der Waals surface area contributed by atoms with Crippen LogP contribution in [0.1, 0.15) is 38.1 Å². The van der Waals surface area contributed by atoms with Gasteiger partial charge in [0.1, 0.15) is 11.6 Å². The van der Waals surface area contributed by atoms with Crippen molar-refractivity contribution in [3.8, 4) is 0 Å². The maximum absolute atomic E-state index is 12.6.